The van der Waals surface area contributed by atoms with Crippen LogP contribution < -0.4 is 15.4 Å². The number of methoxy groups -OCH3 is 1. The van der Waals surface area contributed by atoms with E-state index < -0.39 is 6.04 Å². The van der Waals surface area contributed by atoms with Crippen molar-refractivity contribution >= 4 is 11.8 Å². The molecule has 0 saturated carbocycles. The van der Waals surface area contributed by atoms with Gasteiger partial charge in [-0.1, -0.05) is 42.5 Å². The van der Waals surface area contributed by atoms with E-state index in [0.29, 0.717) is 13.0 Å². The largest absolute Gasteiger partial charge is 0.491 e. The first-order valence-electron chi connectivity index (χ1n) is 8.59. The monoisotopic (exact) mass is 352 g/mol. The highest BCUT2D eigenvalue weighted by Gasteiger charge is 2.36. The fourth-order valence-electron chi connectivity index (χ4n) is 3.65. The van der Waals surface area contributed by atoms with Gasteiger partial charge in [0.15, 0.2) is 0 Å². The highest BCUT2D eigenvalue weighted by atomic mass is 16.5. The molecule has 2 aliphatic rings. The first kappa shape index (κ1) is 16.6. The van der Waals surface area contributed by atoms with E-state index in [-0.39, 0.29) is 24.0 Å². The number of benzene rings is 2. The summed E-state index contributed by atoms with van der Waals surface area (Å²) in [5.41, 5.74) is 2.61. The van der Waals surface area contributed by atoms with Gasteiger partial charge >= 0.3 is 0 Å². The molecule has 26 heavy (non-hydrogen) atoms. The second kappa shape index (κ2) is 6.80. The van der Waals surface area contributed by atoms with Crippen molar-refractivity contribution in [2.45, 2.75) is 24.6 Å². The minimum atomic E-state index is -0.706. The molecule has 2 amide bonds. The van der Waals surface area contributed by atoms with Gasteiger partial charge in [0.2, 0.25) is 11.8 Å². The van der Waals surface area contributed by atoms with Crippen LogP contribution >= 0.6 is 0 Å². The Morgan fingerprint density at radius 3 is 2.69 bits per heavy atom. The van der Waals surface area contributed by atoms with Crippen molar-refractivity contribution in [3.8, 4) is 5.75 Å². The lowest BCUT2D eigenvalue weighted by molar-refractivity contribution is -0.131. The van der Waals surface area contributed by atoms with Crippen LogP contribution in [0, 0.1) is 0 Å². The number of hydrogen-bond donors (Lipinski definition) is 2. The average Bonchev–Trinajstić information content (AvgIpc) is 2.67. The Hall–Kier alpha value is -2.86. The normalized spacial score (nSPS) is 23.9. The van der Waals surface area contributed by atoms with Crippen LogP contribution in [0.15, 0.2) is 48.5 Å². The molecular weight excluding hydrogens is 332 g/mol. The van der Waals surface area contributed by atoms with Crippen LogP contribution in [0.2, 0.25) is 0 Å². The molecule has 0 saturated heterocycles. The van der Waals surface area contributed by atoms with E-state index >= 15 is 0 Å². The van der Waals surface area contributed by atoms with Gasteiger partial charge in [-0.05, 0) is 17.2 Å². The van der Waals surface area contributed by atoms with Crippen molar-refractivity contribution in [1.82, 2.24) is 10.6 Å². The fraction of sp³-hybridized carbons (Fsp3) is 0.300. The first-order chi connectivity index (χ1) is 12.7. The van der Waals surface area contributed by atoms with Crippen LogP contribution in [0.1, 0.15) is 28.8 Å². The maximum Gasteiger partial charge on any atom is 0.247 e. The van der Waals surface area contributed by atoms with E-state index in [4.69, 9.17) is 9.47 Å². The number of fused-ring (bicyclic) bond motifs is 2. The highest BCUT2D eigenvalue weighted by Crippen LogP contribution is 2.34. The third-order valence-corrected chi connectivity index (χ3v) is 4.88. The summed E-state index contributed by atoms with van der Waals surface area (Å²) in [6.45, 7) is 0.309. The van der Waals surface area contributed by atoms with Crippen LogP contribution in [0.3, 0.4) is 0 Å². The van der Waals surface area contributed by atoms with Crippen LogP contribution in [0.5, 0.6) is 5.75 Å². The zero-order valence-electron chi connectivity index (χ0n) is 14.4. The molecule has 2 aromatic rings. The first-order valence-corrected chi connectivity index (χ1v) is 8.59. The molecule has 134 valence electrons. The van der Waals surface area contributed by atoms with Crippen molar-refractivity contribution in [2.75, 3.05) is 13.7 Å². The Labute approximate surface area is 151 Å². The molecule has 2 heterocycles. The lowest BCUT2D eigenvalue weighted by Gasteiger charge is -2.34. The van der Waals surface area contributed by atoms with Gasteiger partial charge in [0.1, 0.15) is 24.5 Å². The molecule has 1 unspecified atom stereocenters. The molecule has 0 bridgehead atoms. The van der Waals surface area contributed by atoms with Crippen molar-refractivity contribution in [3.05, 3.63) is 65.2 Å². The topological polar surface area (TPSA) is 76.7 Å². The zero-order chi connectivity index (χ0) is 18.1. The molecule has 0 aromatic heterocycles. The van der Waals surface area contributed by atoms with E-state index in [0.717, 1.165) is 22.4 Å². The van der Waals surface area contributed by atoms with Gasteiger partial charge in [-0.3, -0.25) is 9.59 Å². The molecule has 0 spiro atoms. The Balaban J connectivity index is 1.56. The molecule has 2 aliphatic heterocycles. The number of carbonyl (C=O) groups is 2. The number of para-hydroxylation sites is 1. The second-order valence-electron chi connectivity index (χ2n) is 6.50. The summed E-state index contributed by atoms with van der Waals surface area (Å²) in [5, 5.41) is 5.77. The summed E-state index contributed by atoms with van der Waals surface area (Å²) in [6, 6.07) is 14.1. The number of hydrogen-bond acceptors (Lipinski definition) is 4. The summed E-state index contributed by atoms with van der Waals surface area (Å²) in [7, 11) is 1.61. The smallest absolute Gasteiger partial charge is 0.247 e. The van der Waals surface area contributed by atoms with Crippen LogP contribution in [0.25, 0.3) is 0 Å². The lowest BCUT2D eigenvalue weighted by atomic mass is 9.92. The van der Waals surface area contributed by atoms with Crippen LogP contribution in [-0.2, 0) is 20.7 Å². The molecule has 2 aromatic carbocycles. The van der Waals surface area contributed by atoms with Gasteiger partial charge in [0.25, 0.3) is 0 Å². The molecule has 2 N–H and O–H groups in total. The molecule has 3 atom stereocenters. The third kappa shape index (κ3) is 2.93. The third-order valence-electron chi connectivity index (χ3n) is 4.88. The Morgan fingerprint density at radius 2 is 1.88 bits per heavy atom. The van der Waals surface area contributed by atoms with E-state index in [1.54, 1.807) is 7.11 Å². The summed E-state index contributed by atoms with van der Waals surface area (Å²) in [6.07, 6.45) is -0.0148. The Bertz CT molecular complexity index is 851. The van der Waals surface area contributed by atoms with E-state index in [1.807, 2.05) is 48.5 Å². The standard InChI is InChI=1S/C20H20N2O4/c1-25-19-14-8-4-5-9-16(14)26-11-15(19)21-20(24)18-13-7-3-2-6-12(13)10-17(23)22-18/h2-9,15,18-19H,10-11H2,1H3,(H,21,24)(H,22,23)/t15-,18?,19-/m1/s1. The number of ether oxygens (including phenoxy) is 2. The zero-order valence-corrected chi connectivity index (χ0v) is 14.4. The van der Waals surface area contributed by atoms with E-state index in [1.165, 1.54) is 0 Å². The van der Waals surface area contributed by atoms with Gasteiger partial charge in [0.05, 0.1) is 12.5 Å². The fourth-order valence-corrected chi connectivity index (χ4v) is 3.65. The molecule has 6 nitrogen and oxygen atoms in total. The number of rotatable bonds is 3. The van der Waals surface area contributed by atoms with E-state index in [2.05, 4.69) is 10.6 Å². The van der Waals surface area contributed by atoms with Crippen molar-refractivity contribution in [3.63, 3.8) is 0 Å². The molecule has 4 rings (SSSR count). The summed E-state index contributed by atoms with van der Waals surface area (Å²) >= 11 is 0. The summed E-state index contributed by atoms with van der Waals surface area (Å²) in [4.78, 5) is 24.9. The maximum atomic E-state index is 12.9. The predicted molar refractivity (Wildman–Crippen MR) is 94.6 cm³/mol. The van der Waals surface area contributed by atoms with Crippen LogP contribution in [-0.4, -0.2) is 31.6 Å². The number of nitrogens with one attached hydrogen (secondary N) is 2. The molecular formula is C20H20N2O4. The van der Waals surface area contributed by atoms with Gasteiger partial charge in [-0.25, -0.2) is 0 Å². The van der Waals surface area contributed by atoms with Crippen LogP contribution in [0.4, 0.5) is 0 Å². The molecule has 6 heteroatoms. The Kier molecular flexibility index (Phi) is 4.34. The summed E-state index contributed by atoms with van der Waals surface area (Å²) < 4.78 is 11.4. The number of amides is 2. The molecule has 0 radical (unpaired) electrons. The van der Waals surface area contributed by atoms with Crippen molar-refractivity contribution in [1.29, 1.82) is 0 Å². The van der Waals surface area contributed by atoms with Gasteiger partial charge in [-0.2, -0.15) is 0 Å². The highest BCUT2D eigenvalue weighted by molar-refractivity contribution is 5.92. The second-order valence-corrected chi connectivity index (χ2v) is 6.50. The number of carbonyl (C=O) groups excluding carboxylic acids is 2. The van der Waals surface area contributed by atoms with Gasteiger partial charge < -0.3 is 20.1 Å². The van der Waals surface area contributed by atoms with Crippen molar-refractivity contribution < 1.29 is 19.1 Å². The summed E-state index contributed by atoms with van der Waals surface area (Å²) in [5.74, 6) is 0.346. The Morgan fingerprint density at radius 1 is 1.15 bits per heavy atom. The van der Waals surface area contributed by atoms with E-state index in [9.17, 15) is 9.59 Å². The van der Waals surface area contributed by atoms with Gasteiger partial charge in [-0.15, -0.1) is 0 Å². The van der Waals surface area contributed by atoms with Crippen molar-refractivity contribution in [2.24, 2.45) is 0 Å². The minimum absolute atomic E-state index is 0.155. The maximum absolute atomic E-state index is 12.9. The lowest BCUT2D eigenvalue weighted by Crippen LogP contribution is -2.51. The minimum Gasteiger partial charge on any atom is -0.491 e. The average molecular weight is 352 g/mol. The quantitative estimate of drug-likeness (QED) is 0.881. The molecule has 0 aliphatic carbocycles. The molecule has 0 fully saturated rings. The van der Waals surface area contributed by atoms with Gasteiger partial charge in [0, 0.05) is 12.7 Å². The predicted octanol–water partition coefficient (Wildman–Crippen LogP) is 1.66. The SMILES string of the molecule is CO[C@@H]1c2ccccc2OC[C@H]1NC(=O)C1NC(=O)Cc2ccccc21.